The van der Waals surface area contributed by atoms with Gasteiger partial charge in [-0.15, -0.1) is 0 Å². The van der Waals surface area contributed by atoms with Crippen molar-refractivity contribution in [3.8, 4) is 0 Å². The number of ether oxygens (including phenoxy) is 14. The van der Waals surface area contributed by atoms with Crippen LogP contribution >= 0.6 is 0 Å². The van der Waals surface area contributed by atoms with Crippen LogP contribution in [0.3, 0.4) is 0 Å². The van der Waals surface area contributed by atoms with Gasteiger partial charge in [-0.3, -0.25) is 9.80 Å². The summed E-state index contributed by atoms with van der Waals surface area (Å²) in [6.45, 7) is 2.78. The molecule has 0 aromatic carbocycles. The Hall–Kier alpha value is -1.40. The van der Waals surface area contributed by atoms with Crippen molar-refractivity contribution in [3.05, 3.63) is 0 Å². The molecular formula is C50H86N2O33. The average molecular weight is 1240 g/mol. The van der Waals surface area contributed by atoms with Crippen molar-refractivity contribution in [2.24, 2.45) is 0 Å². The second-order valence-electron chi connectivity index (χ2n) is 23.1. The summed E-state index contributed by atoms with van der Waals surface area (Å²) in [4.78, 5) is 4.18. The zero-order valence-corrected chi connectivity index (χ0v) is 46.7. The first kappa shape index (κ1) is 68.0. The molecule has 35 unspecified atom stereocenters. The largest absolute Gasteiger partial charge is 0.394 e. The molecule has 0 saturated carbocycles. The molecule has 0 radical (unpaired) electrons. The third-order valence-corrected chi connectivity index (χ3v) is 17.4. The molecule has 35 heteroatoms. The number of piperazine rings is 1. The summed E-state index contributed by atoms with van der Waals surface area (Å²) in [5, 5.41) is 214. The van der Waals surface area contributed by atoms with Crippen LogP contribution in [0.4, 0.5) is 0 Å². The maximum Gasteiger partial charge on any atom is 0.187 e. The van der Waals surface area contributed by atoms with E-state index in [1.54, 1.807) is 6.92 Å². The van der Waals surface area contributed by atoms with Gasteiger partial charge in [0.2, 0.25) is 0 Å². The van der Waals surface area contributed by atoms with Crippen molar-refractivity contribution in [1.29, 1.82) is 0 Å². The van der Waals surface area contributed by atoms with E-state index in [0.29, 0.717) is 26.2 Å². The van der Waals surface area contributed by atoms with E-state index in [9.17, 15) is 97.0 Å². The van der Waals surface area contributed by atoms with Gasteiger partial charge in [0.1, 0.15) is 165 Å². The Morgan fingerprint density at radius 2 is 0.482 bits per heavy atom. The van der Waals surface area contributed by atoms with Gasteiger partial charge < -0.3 is 163 Å². The second-order valence-corrected chi connectivity index (χ2v) is 23.1. The number of rotatable bonds is 9. The molecule has 85 heavy (non-hydrogen) atoms. The first-order valence-corrected chi connectivity index (χ1v) is 28.7. The molecule has 22 fully saturated rings. The normalized spacial score (nSPS) is 52.9. The Morgan fingerprint density at radius 3 is 0.694 bits per heavy atom. The van der Waals surface area contributed by atoms with Crippen molar-refractivity contribution in [2.45, 2.75) is 248 Å². The van der Waals surface area contributed by atoms with Crippen LogP contribution in [-0.2, 0) is 66.3 Å². The van der Waals surface area contributed by atoms with Gasteiger partial charge in [0, 0.05) is 38.8 Å². The molecule has 19 N–H and O–H groups in total. The highest BCUT2D eigenvalue weighted by atomic mass is 16.8. The number of aliphatic hydroxyl groups is 19. The van der Waals surface area contributed by atoms with Crippen LogP contribution in [-0.4, -0.2) is 394 Å². The van der Waals surface area contributed by atoms with Gasteiger partial charge in [-0.2, -0.15) is 0 Å². The highest BCUT2D eigenvalue weighted by Gasteiger charge is 2.59. The number of aliphatic hydroxyl groups excluding tert-OH is 19. The quantitative estimate of drug-likeness (QED) is 0.102. The molecule has 22 saturated heterocycles. The standard InChI is InChI=1S/C50H86N2O33/c1-4-16-37-23(58)30(65)44(72-16)81-39-18(10-53)75-47(33(68)26(39)61)83-41-20(12-55)77-49(35(70)28(41)63)85-43-22(14-57)78-50(36(71)29(43)64)84-42-21(13-56)76-48(34(69)27(42)62)82-40-19(11-54)74-46(32(67)25(40)60)80-38-17(73-45(79-37)31(66)24(38)59)9-51-5-7-52(8-6-51)15(2)3/h15-50,53-71H,4-14H2,1-3H3. The summed E-state index contributed by atoms with van der Waals surface area (Å²) < 4.78 is 82.8. The second kappa shape index (κ2) is 29.0. The molecule has 0 amide bonds. The maximum absolute atomic E-state index is 12.0. The van der Waals surface area contributed by atoms with Crippen molar-refractivity contribution in [2.75, 3.05) is 65.8 Å². The van der Waals surface area contributed by atoms with E-state index < -0.39 is 248 Å². The Labute approximate surface area is 486 Å². The lowest BCUT2D eigenvalue weighted by atomic mass is 9.94. The molecule has 22 aliphatic rings. The van der Waals surface area contributed by atoms with E-state index in [1.807, 2.05) is 18.7 Å². The van der Waals surface area contributed by atoms with Gasteiger partial charge in [0.05, 0.1) is 39.1 Å². The minimum Gasteiger partial charge on any atom is -0.394 e. The molecule has 35 atom stereocenters. The van der Waals surface area contributed by atoms with Gasteiger partial charge in [-0.05, 0) is 20.3 Å². The molecule has 0 aromatic rings. The Balaban J connectivity index is 1.01. The molecule has 494 valence electrons. The van der Waals surface area contributed by atoms with E-state index in [4.69, 9.17) is 66.3 Å². The lowest BCUT2D eigenvalue weighted by Gasteiger charge is -2.50. The van der Waals surface area contributed by atoms with E-state index in [0.717, 1.165) is 0 Å². The fraction of sp³-hybridized carbons (Fsp3) is 1.00. The molecule has 22 rings (SSSR count). The van der Waals surface area contributed by atoms with Crippen LogP contribution in [0, 0.1) is 0 Å². The fourth-order valence-corrected chi connectivity index (χ4v) is 12.3. The van der Waals surface area contributed by atoms with E-state index in [2.05, 4.69) is 4.90 Å². The minimum absolute atomic E-state index is 0.00496. The third-order valence-electron chi connectivity index (χ3n) is 17.4. The van der Waals surface area contributed by atoms with E-state index in [-0.39, 0.29) is 19.0 Å². The summed E-state index contributed by atoms with van der Waals surface area (Å²) in [5.41, 5.74) is 0. The van der Waals surface area contributed by atoms with Crippen LogP contribution in [0.1, 0.15) is 27.2 Å². The molecular weight excluding hydrogens is 1160 g/mol. The highest BCUT2D eigenvalue weighted by molar-refractivity contribution is 5.02. The van der Waals surface area contributed by atoms with Crippen LogP contribution in [0.2, 0.25) is 0 Å². The summed E-state index contributed by atoms with van der Waals surface area (Å²) in [5.74, 6) is 0. The van der Waals surface area contributed by atoms with Crippen molar-refractivity contribution >= 4 is 0 Å². The van der Waals surface area contributed by atoms with E-state index >= 15 is 0 Å². The maximum atomic E-state index is 12.0. The van der Waals surface area contributed by atoms with Crippen molar-refractivity contribution < 1.29 is 163 Å². The third kappa shape index (κ3) is 13.9. The van der Waals surface area contributed by atoms with Crippen LogP contribution < -0.4 is 0 Å². The average Bonchev–Trinajstić information content (AvgIpc) is 3.15. The monoisotopic (exact) mass is 1240 g/mol. The summed E-state index contributed by atoms with van der Waals surface area (Å²) in [6.07, 6.45) is -66.5. The summed E-state index contributed by atoms with van der Waals surface area (Å²) >= 11 is 0. The smallest absolute Gasteiger partial charge is 0.187 e. The zero-order chi connectivity index (χ0) is 61.6. The topological polar surface area (TPSA) is 520 Å². The molecule has 0 aliphatic carbocycles. The molecule has 0 spiro atoms. The summed E-state index contributed by atoms with van der Waals surface area (Å²) in [7, 11) is 0. The SMILES string of the molecule is CCC1OC2OC3C(CO)OC(OC4C(CO)OC(OC5C(CO)OC(OC6C(CO)OC(OC7C(CO)OC(OC8C(CN9CCN(C(C)C)CC9)OC(OC1C(O)C2O)C(O)C8O)C(O)C7O)C(O)C6O)C(O)C5O)C(O)C4O)C(O)C3O. The molecule has 22 heterocycles. The molecule has 35 nitrogen and oxygen atoms in total. The lowest BCUT2D eigenvalue weighted by Crippen LogP contribution is -2.68. The molecule has 0 aromatic heterocycles. The first-order valence-electron chi connectivity index (χ1n) is 28.7. The Bertz CT molecular complexity index is 2050. The molecule has 22 aliphatic heterocycles. The zero-order valence-electron chi connectivity index (χ0n) is 46.7. The predicted octanol–water partition coefficient (Wildman–Crippen LogP) is -12.8. The minimum atomic E-state index is -2.19. The van der Waals surface area contributed by atoms with E-state index in [1.165, 1.54) is 0 Å². The van der Waals surface area contributed by atoms with Crippen molar-refractivity contribution in [1.82, 2.24) is 9.80 Å². The fourth-order valence-electron chi connectivity index (χ4n) is 12.3. The van der Waals surface area contributed by atoms with Gasteiger partial charge >= 0.3 is 0 Å². The number of hydrogen-bond donors (Lipinski definition) is 19. The van der Waals surface area contributed by atoms with Gasteiger partial charge in [0.15, 0.2) is 44.0 Å². The summed E-state index contributed by atoms with van der Waals surface area (Å²) in [6, 6.07) is 0.208. The lowest BCUT2D eigenvalue weighted by molar-refractivity contribution is -0.396. The van der Waals surface area contributed by atoms with Crippen LogP contribution in [0.25, 0.3) is 0 Å². The van der Waals surface area contributed by atoms with Gasteiger partial charge in [-0.25, -0.2) is 0 Å². The predicted molar refractivity (Wildman–Crippen MR) is 268 cm³/mol. The van der Waals surface area contributed by atoms with Gasteiger partial charge in [-0.1, -0.05) is 6.92 Å². The van der Waals surface area contributed by atoms with Crippen LogP contribution in [0.5, 0.6) is 0 Å². The Kier molecular flexibility index (Phi) is 23.2. The van der Waals surface area contributed by atoms with Crippen molar-refractivity contribution in [3.63, 3.8) is 0 Å². The number of nitrogens with zero attached hydrogens (tertiary/aromatic N) is 2. The Morgan fingerprint density at radius 1 is 0.282 bits per heavy atom. The first-order chi connectivity index (χ1) is 40.5. The van der Waals surface area contributed by atoms with Crippen LogP contribution in [0.15, 0.2) is 0 Å². The van der Waals surface area contributed by atoms with Gasteiger partial charge in [0.25, 0.3) is 0 Å². The highest BCUT2D eigenvalue weighted by Crippen LogP contribution is 2.39. The molecule has 14 bridgehead atoms. The number of hydrogen-bond acceptors (Lipinski definition) is 35.